The maximum atomic E-state index is 13.3. The van der Waals surface area contributed by atoms with Crippen LogP contribution in [0.25, 0.3) is 0 Å². The van der Waals surface area contributed by atoms with Gasteiger partial charge in [0.25, 0.3) is 0 Å². The minimum atomic E-state index is -0.290. The zero-order valence-corrected chi connectivity index (χ0v) is 10.2. The van der Waals surface area contributed by atoms with Gasteiger partial charge in [-0.3, -0.25) is 0 Å². The van der Waals surface area contributed by atoms with Gasteiger partial charge in [0.05, 0.1) is 6.61 Å². The van der Waals surface area contributed by atoms with Gasteiger partial charge in [-0.1, -0.05) is 19.1 Å². The number of aliphatic hydroxyl groups excluding tert-OH is 1. The summed E-state index contributed by atoms with van der Waals surface area (Å²) >= 11 is 0. The van der Waals surface area contributed by atoms with Crippen LogP contribution in [0.1, 0.15) is 31.4 Å². The van der Waals surface area contributed by atoms with Gasteiger partial charge in [0, 0.05) is 12.1 Å². The maximum Gasteiger partial charge on any atom is 0.126 e. The van der Waals surface area contributed by atoms with Crippen LogP contribution < -0.4 is 5.32 Å². The summed E-state index contributed by atoms with van der Waals surface area (Å²) in [5.41, 5.74) is 1.27. The lowest BCUT2D eigenvalue weighted by Crippen LogP contribution is -2.44. The molecule has 1 rings (SSSR count). The number of aliphatic hydroxyl groups is 1. The van der Waals surface area contributed by atoms with Crippen molar-refractivity contribution in [1.82, 2.24) is 5.32 Å². The number of aryl methyl sites for hydroxylation is 1. The average molecular weight is 225 g/mol. The molecule has 3 heteroatoms. The van der Waals surface area contributed by atoms with E-state index in [4.69, 9.17) is 0 Å². The van der Waals surface area contributed by atoms with E-state index in [2.05, 4.69) is 5.32 Å². The van der Waals surface area contributed by atoms with Gasteiger partial charge in [0.15, 0.2) is 0 Å². The van der Waals surface area contributed by atoms with E-state index in [1.165, 1.54) is 6.07 Å². The zero-order valence-electron chi connectivity index (χ0n) is 10.2. The number of nitrogens with one attached hydrogen (secondary N) is 1. The minimum absolute atomic E-state index is 0.0812. The number of benzene rings is 1. The Morgan fingerprint density at radius 1 is 1.44 bits per heavy atom. The van der Waals surface area contributed by atoms with Crippen LogP contribution in [-0.2, 0) is 6.54 Å². The second kappa shape index (κ2) is 5.41. The minimum Gasteiger partial charge on any atom is -0.394 e. The van der Waals surface area contributed by atoms with Gasteiger partial charge in [0.1, 0.15) is 5.82 Å². The third kappa shape index (κ3) is 3.29. The second-order valence-corrected chi connectivity index (χ2v) is 4.51. The normalized spacial score (nSPS) is 14.8. The first-order chi connectivity index (χ1) is 7.50. The highest BCUT2D eigenvalue weighted by Crippen LogP contribution is 2.12. The van der Waals surface area contributed by atoms with Gasteiger partial charge in [-0.15, -0.1) is 0 Å². The van der Waals surface area contributed by atoms with Crippen LogP contribution in [0.2, 0.25) is 0 Å². The molecule has 16 heavy (non-hydrogen) atoms. The lowest BCUT2D eigenvalue weighted by atomic mass is 9.99. The quantitative estimate of drug-likeness (QED) is 0.806. The molecule has 2 nitrogen and oxygen atoms in total. The predicted molar refractivity (Wildman–Crippen MR) is 63.8 cm³/mol. The summed E-state index contributed by atoms with van der Waals surface area (Å²) in [4.78, 5) is 0. The molecule has 0 amide bonds. The summed E-state index contributed by atoms with van der Waals surface area (Å²) in [5.74, 6) is -0.179. The van der Waals surface area contributed by atoms with E-state index in [1.807, 2.05) is 19.9 Å². The predicted octanol–water partition coefficient (Wildman–Crippen LogP) is 2.38. The summed E-state index contributed by atoms with van der Waals surface area (Å²) in [6.07, 6.45) is 0.831. The number of halogens is 1. The van der Waals surface area contributed by atoms with Crippen molar-refractivity contribution in [3.63, 3.8) is 0 Å². The van der Waals surface area contributed by atoms with E-state index in [-0.39, 0.29) is 18.0 Å². The Balaban J connectivity index is 2.64. The molecule has 1 aromatic carbocycles. The van der Waals surface area contributed by atoms with Crippen molar-refractivity contribution in [3.8, 4) is 0 Å². The van der Waals surface area contributed by atoms with Crippen molar-refractivity contribution in [2.75, 3.05) is 6.61 Å². The second-order valence-electron chi connectivity index (χ2n) is 4.51. The average Bonchev–Trinajstić information content (AvgIpc) is 2.30. The Morgan fingerprint density at radius 3 is 2.62 bits per heavy atom. The van der Waals surface area contributed by atoms with E-state index < -0.39 is 0 Å². The zero-order chi connectivity index (χ0) is 12.2. The lowest BCUT2D eigenvalue weighted by Gasteiger charge is -2.27. The summed E-state index contributed by atoms with van der Waals surface area (Å²) in [6.45, 7) is 6.37. The Kier molecular flexibility index (Phi) is 4.44. The van der Waals surface area contributed by atoms with E-state index >= 15 is 0 Å². The molecular weight excluding hydrogens is 205 g/mol. The van der Waals surface area contributed by atoms with Crippen LogP contribution in [0.4, 0.5) is 4.39 Å². The summed E-state index contributed by atoms with van der Waals surface area (Å²) in [7, 11) is 0. The van der Waals surface area contributed by atoms with Gasteiger partial charge in [-0.2, -0.15) is 0 Å². The van der Waals surface area contributed by atoms with Crippen LogP contribution in [0.15, 0.2) is 18.2 Å². The van der Waals surface area contributed by atoms with E-state index in [9.17, 15) is 9.50 Å². The van der Waals surface area contributed by atoms with Crippen molar-refractivity contribution in [3.05, 3.63) is 35.1 Å². The molecule has 0 bridgehead atoms. The van der Waals surface area contributed by atoms with Crippen LogP contribution in [0.3, 0.4) is 0 Å². The van der Waals surface area contributed by atoms with Gasteiger partial charge in [-0.25, -0.2) is 4.39 Å². The van der Waals surface area contributed by atoms with Crippen LogP contribution in [0.5, 0.6) is 0 Å². The van der Waals surface area contributed by atoms with Gasteiger partial charge in [-0.05, 0) is 37.5 Å². The van der Waals surface area contributed by atoms with Crippen LogP contribution in [0, 0.1) is 12.7 Å². The molecular formula is C13H20FNO. The highest BCUT2D eigenvalue weighted by molar-refractivity contribution is 5.23. The van der Waals surface area contributed by atoms with Gasteiger partial charge < -0.3 is 10.4 Å². The third-order valence-corrected chi connectivity index (χ3v) is 3.08. The fourth-order valence-corrected chi connectivity index (χ4v) is 1.35. The monoisotopic (exact) mass is 225 g/mol. The Morgan fingerprint density at radius 2 is 2.12 bits per heavy atom. The molecule has 1 aromatic rings. The Labute approximate surface area is 96.5 Å². The fraction of sp³-hybridized carbons (Fsp3) is 0.538. The molecule has 2 N–H and O–H groups in total. The van der Waals surface area contributed by atoms with Gasteiger partial charge in [0.2, 0.25) is 0 Å². The third-order valence-electron chi connectivity index (χ3n) is 3.08. The first kappa shape index (κ1) is 13.1. The molecule has 1 atom stereocenters. The topological polar surface area (TPSA) is 32.3 Å². The fourth-order valence-electron chi connectivity index (χ4n) is 1.35. The molecule has 0 saturated heterocycles. The molecule has 1 unspecified atom stereocenters. The molecule has 0 spiro atoms. The SMILES string of the molecule is CCC(C)(CO)NCc1ccc(C)c(F)c1. The number of hydrogen-bond donors (Lipinski definition) is 2. The number of rotatable bonds is 5. The Bertz CT molecular complexity index is 348. The number of hydrogen-bond acceptors (Lipinski definition) is 2. The molecule has 0 fully saturated rings. The molecule has 0 heterocycles. The Hall–Kier alpha value is -0.930. The molecule has 0 aliphatic heterocycles. The molecule has 0 saturated carbocycles. The van der Waals surface area contributed by atoms with Crippen LogP contribution >= 0.6 is 0 Å². The molecule has 0 aromatic heterocycles. The van der Waals surface area contributed by atoms with E-state index in [0.717, 1.165) is 12.0 Å². The standard InChI is InChI=1S/C13H20FNO/c1-4-13(3,9-16)15-8-11-6-5-10(2)12(14)7-11/h5-7,15-16H,4,8-9H2,1-3H3. The largest absolute Gasteiger partial charge is 0.394 e. The molecule has 0 radical (unpaired) electrons. The molecule has 90 valence electrons. The first-order valence-corrected chi connectivity index (χ1v) is 5.61. The summed E-state index contributed by atoms with van der Waals surface area (Å²) in [6, 6.07) is 5.21. The van der Waals surface area contributed by atoms with Crippen molar-refractivity contribution in [2.24, 2.45) is 0 Å². The summed E-state index contributed by atoms with van der Waals surface area (Å²) in [5, 5.41) is 12.5. The van der Waals surface area contributed by atoms with Crippen molar-refractivity contribution < 1.29 is 9.50 Å². The molecule has 0 aliphatic carbocycles. The summed E-state index contributed by atoms with van der Waals surface area (Å²) < 4.78 is 13.3. The molecule has 0 aliphatic rings. The maximum absolute atomic E-state index is 13.3. The van der Waals surface area contributed by atoms with Crippen molar-refractivity contribution in [1.29, 1.82) is 0 Å². The van der Waals surface area contributed by atoms with E-state index in [1.54, 1.807) is 13.0 Å². The van der Waals surface area contributed by atoms with Gasteiger partial charge >= 0.3 is 0 Å². The first-order valence-electron chi connectivity index (χ1n) is 5.61. The highest BCUT2D eigenvalue weighted by atomic mass is 19.1. The van der Waals surface area contributed by atoms with E-state index in [0.29, 0.717) is 12.1 Å². The van der Waals surface area contributed by atoms with Crippen molar-refractivity contribution >= 4 is 0 Å². The lowest BCUT2D eigenvalue weighted by molar-refractivity contribution is 0.169. The highest BCUT2D eigenvalue weighted by Gasteiger charge is 2.19. The van der Waals surface area contributed by atoms with Crippen molar-refractivity contribution in [2.45, 2.75) is 39.3 Å². The smallest absolute Gasteiger partial charge is 0.126 e. The van der Waals surface area contributed by atoms with Crippen LogP contribution in [-0.4, -0.2) is 17.3 Å².